The molecule has 0 radical (unpaired) electrons. The summed E-state index contributed by atoms with van der Waals surface area (Å²) in [5, 5.41) is 20.5. The van der Waals surface area contributed by atoms with Crippen LogP contribution in [0.15, 0.2) is 5.16 Å². The highest BCUT2D eigenvalue weighted by molar-refractivity contribution is 6.02. The van der Waals surface area contributed by atoms with Crippen molar-refractivity contribution in [3.8, 4) is 0 Å². The van der Waals surface area contributed by atoms with Crippen LogP contribution in [0.1, 0.15) is 33.1 Å². The molecule has 0 aliphatic carbocycles. The molecule has 0 aliphatic rings. The minimum Gasteiger partial charge on any atom is -0.409 e. The van der Waals surface area contributed by atoms with Gasteiger partial charge in [-0.2, -0.15) is 0 Å². The molecule has 0 saturated heterocycles. The highest BCUT2D eigenvalue weighted by Gasteiger charge is 2.26. The quantitative estimate of drug-likeness (QED) is 0.249. The Bertz CT molecular complexity index is 250. The summed E-state index contributed by atoms with van der Waals surface area (Å²) in [6.45, 7) is 4.65. The first-order valence-electron chi connectivity index (χ1n) is 5.99. The molecule has 6 nitrogen and oxygen atoms in total. The molecule has 0 heterocycles. The summed E-state index contributed by atoms with van der Waals surface area (Å²) in [4.78, 5) is 13.7. The topological polar surface area (TPSA) is 99.2 Å². The lowest BCUT2D eigenvalue weighted by atomic mass is 10.0. The molecule has 0 bridgehead atoms. The van der Waals surface area contributed by atoms with Gasteiger partial charge in [-0.05, 0) is 12.8 Å². The van der Waals surface area contributed by atoms with Crippen LogP contribution in [0.3, 0.4) is 0 Å². The Labute approximate surface area is 102 Å². The fraction of sp³-hybridized carbons (Fsp3) is 0.818. The summed E-state index contributed by atoms with van der Waals surface area (Å²) < 4.78 is 0. The number of nitrogens with two attached hydrogens (primary N) is 1. The Morgan fingerprint density at radius 1 is 1.35 bits per heavy atom. The first kappa shape index (κ1) is 15.7. The maximum absolute atomic E-state index is 12.2. The van der Waals surface area contributed by atoms with Crippen molar-refractivity contribution in [1.29, 1.82) is 0 Å². The summed E-state index contributed by atoms with van der Waals surface area (Å²) in [5.74, 6) is -0.836. The maximum atomic E-state index is 12.2. The van der Waals surface area contributed by atoms with Crippen molar-refractivity contribution in [3.05, 3.63) is 0 Å². The maximum Gasteiger partial charge on any atom is 0.233 e. The van der Waals surface area contributed by atoms with E-state index in [1.165, 1.54) is 0 Å². The Hall–Kier alpha value is -1.30. The monoisotopic (exact) mass is 245 g/mol. The predicted octanol–water partition coefficient (Wildman–Crippen LogP) is 0.380. The predicted molar refractivity (Wildman–Crippen MR) is 65.8 cm³/mol. The van der Waals surface area contributed by atoms with Crippen molar-refractivity contribution < 1.29 is 15.1 Å². The number of carbonyl (C=O) groups is 1. The van der Waals surface area contributed by atoms with Gasteiger partial charge in [0.1, 0.15) is 0 Å². The summed E-state index contributed by atoms with van der Waals surface area (Å²) in [6.07, 6.45) is 2.12. The lowest BCUT2D eigenvalue weighted by Crippen LogP contribution is -2.43. The lowest BCUT2D eigenvalue weighted by molar-refractivity contribution is -0.134. The Balaban J connectivity index is 4.76. The second kappa shape index (κ2) is 8.81. The van der Waals surface area contributed by atoms with Gasteiger partial charge in [-0.1, -0.05) is 25.4 Å². The third kappa shape index (κ3) is 5.04. The van der Waals surface area contributed by atoms with Crippen molar-refractivity contribution in [3.63, 3.8) is 0 Å². The number of aliphatic hydroxyl groups excluding tert-OH is 1. The van der Waals surface area contributed by atoms with E-state index in [1.807, 2.05) is 13.8 Å². The molecular weight excluding hydrogens is 222 g/mol. The molecule has 0 aromatic carbocycles. The standard InChI is InChI=1S/C11H23N3O3/c1-3-5-9(10(12)13-17)11(16)14(6-4-2)7-8-15/h9,15,17H,3-8H2,1-2H3,(H2,12,13). The normalized spacial score (nSPS) is 13.5. The zero-order valence-electron chi connectivity index (χ0n) is 10.6. The summed E-state index contributed by atoms with van der Waals surface area (Å²) >= 11 is 0. The minimum atomic E-state index is -0.594. The van der Waals surface area contributed by atoms with Gasteiger partial charge in [0.2, 0.25) is 5.91 Å². The average Bonchev–Trinajstić information content (AvgIpc) is 2.34. The summed E-state index contributed by atoms with van der Waals surface area (Å²) in [6, 6.07) is 0. The molecule has 4 N–H and O–H groups in total. The molecule has 0 aromatic heterocycles. The van der Waals surface area contributed by atoms with E-state index in [1.54, 1.807) is 4.90 Å². The molecule has 0 spiro atoms. The molecule has 0 fully saturated rings. The molecule has 0 rings (SSSR count). The number of amides is 1. The van der Waals surface area contributed by atoms with Gasteiger partial charge in [-0.25, -0.2) is 0 Å². The first-order chi connectivity index (χ1) is 8.12. The van der Waals surface area contributed by atoms with Gasteiger partial charge in [0.25, 0.3) is 0 Å². The van der Waals surface area contributed by atoms with E-state index < -0.39 is 5.92 Å². The van der Waals surface area contributed by atoms with Crippen molar-refractivity contribution in [1.82, 2.24) is 4.90 Å². The van der Waals surface area contributed by atoms with E-state index in [0.717, 1.165) is 12.8 Å². The first-order valence-corrected chi connectivity index (χ1v) is 5.99. The smallest absolute Gasteiger partial charge is 0.233 e. The molecule has 0 saturated carbocycles. The molecule has 100 valence electrons. The lowest BCUT2D eigenvalue weighted by Gasteiger charge is -2.25. The van der Waals surface area contributed by atoms with Gasteiger partial charge in [0, 0.05) is 13.1 Å². The molecule has 1 amide bonds. The van der Waals surface area contributed by atoms with Gasteiger partial charge >= 0.3 is 0 Å². The van der Waals surface area contributed by atoms with Gasteiger partial charge in [0.05, 0.1) is 12.5 Å². The largest absolute Gasteiger partial charge is 0.409 e. The number of hydrogen-bond donors (Lipinski definition) is 3. The molecule has 0 aromatic rings. The van der Waals surface area contributed by atoms with Crippen LogP contribution in [0.5, 0.6) is 0 Å². The zero-order chi connectivity index (χ0) is 13.3. The number of rotatable bonds is 8. The Morgan fingerprint density at radius 2 is 2.00 bits per heavy atom. The number of carbonyl (C=O) groups excluding carboxylic acids is 1. The molecule has 0 aliphatic heterocycles. The van der Waals surface area contributed by atoms with E-state index in [-0.39, 0.29) is 24.9 Å². The van der Waals surface area contributed by atoms with E-state index >= 15 is 0 Å². The highest BCUT2D eigenvalue weighted by Crippen LogP contribution is 2.11. The molecule has 1 atom stereocenters. The number of nitrogens with zero attached hydrogens (tertiary/aromatic N) is 2. The van der Waals surface area contributed by atoms with E-state index in [4.69, 9.17) is 16.0 Å². The van der Waals surface area contributed by atoms with E-state index in [2.05, 4.69) is 5.16 Å². The van der Waals surface area contributed by atoms with Crippen LogP contribution >= 0.6 is 0 Å². The molecule has 1 unspecified atom stereocenters. The van der Waals surface area contributed by atoms with Crippen molar-refractivity contribution in [2.24, 2.45) is 16.8 Å². The van der Waals surface area contributed by atoms with Crippen LogP contribution in [0, 0.1) is 5.92 Å². The summed E-state index contributed by atoms with van der Waals surface area (Å²) in [7, 11) is 0. The summed E-state index contributed by atoms with van der Waals surface area (Å²) in [5.41, 5.74) is 5.52. The van der Waals surface area contributed by atoms with Crippen molar-refractivity contribution in [2.45, 2.75) is 33.1 Å². The SMILES string of the molecule is CCCC(C(=O)N(CCC)CCO)C(N)=NO. The minimum absolute atomic E-state index is 0.0594. The van der Waals surface area contributed by atoms with Gasteiger partial charge in [-0.15, -0.1) is 0 Å². The Kier molecular flexibility index (Phi) is 8.13. The number of oxime groups is 1. The third-order valence-corrected chi connectivity index (χ3v) is 2.52. The second-order valence-electron chi connectivity index (χ2n) is 3.92. The van der Waals surface area contributed by atoms with Crippen molar-refractivity contribution in [2.75, 3.05) is 19.7 Å². The zero-order valence-corrected chi connectivity index (χ0v) is 10.6. The number of amidine groups is 1. The van der Waals surface area contributed by atoms with Gasteiger partial charge < -0.3 is 20.9 Å². The van der Waals surface area contributed by atoms with Crippen LogP contribution in [0.4, 0.5) is 0 Å². The van der Waals surface area contributed by atoms with Crippen LogP contribution < -0.4 is 5.73 Å². The Morgan fingerprint density at radius 3 is 2.41 bits per heavy atom. The third-order valence-electron chi connectivity index (χ3n) is 2.52. The van der Waals surface area contributed by atoms with Crippen LogP contribution in [-0.4, -0.2) is 46.7 Å². The number of aliphatic hydroxyl groups is 1. The van der Waals surface area contributed by atoms with Crippen molar-refractivity contribution >= 4 is 11.7 Å². The van der Waals surface area contributed by atoms with Gasteiger partial charge in [0.15, 0.2) is 5.84 Å². The van der Waals surface area contributed by atoms with Crippen LogP contribution in [0.25, 0.3) is 0 Å². The average molecular weight is 245 g/mol. The van der Waals surface area contributed by atoms with E-state index in [0.29, 0.717) is 13.0 Å². The van der Waals surface area contributed by atoms with Crippen LogP contribution in [0.2, 0.25) is 0 Å². The number of hydrogen-bond acceptors (Lipinski definition) is 4. The molecular formula is C11H23N3O3. The molecule has 17 heavy (non-hydrogen) atoms. The molecule has 6 heteroatoms. The highest BCUT2D eigenvalue weighted by atomic mass is 16.4. The fourth-order valence-electron chi connectivity index (χ4n) is 1.70. The fourth-order valence-corrected chi connectivity index (χ4v) is 1.70. The van der Waals surface area contributed by atoms with E-state index in [9.17, 15) is 4.79 Å². The second-order valence-corrected chi connectivity index (χ2v) is 3.92. The van der Waals surface area contributed by atoms with Gasteiger partial charge in [-0.3, -0.25) is 4.79 Å². The van der Waals surface area contributed by atoms with Crippen LogP contribution in [-0.2, 0) is 4.79 Å².